The zero-order chi connectivity index (χ0) is 13.9. The quantitative estimate of drug-likeness (QED) is 0.565. The van der Waals surface area contributed by atoms with E-state index in [0.717, 1.165) is 12.1 Å². The average Bonchev–Trinajstić information content (AvgIpc) is 2.24. The van der Waals surface area contributed by atoms with Crippen LogP contribution in [0.1, 0.15) is 10.4 Å². The summed E-state index contributed by atoms with van der Waals surface area (Å²) in [6, 6.07) is 3.15. The van der Waals surface area contributed by atoms with Gasteiger partial charge in [0.05, 0.1) is 12.1 Å². The molecule has 0 bridgehead atoms. The number of aliphatic hydroxyl groups is 1. The highest BCUT2D eigenvalue weighted by Crippen LogP contribution is 2.19. The van der Waals surface area contributed by atoms with Crippen molar-refractivity contribution in [3.05, 3.63) is 29.6 Å². The molecule has 1 aromatic rings. The summed E-state index contributed by atoms with van der Waals surface area (Å²) in [5, 5.41) is 10.4. The molecule has 4 N–H and O–H groups in total. The van der Waals surface area contributed by atoms with Crippen molar-refractivity contribution >= 4 is 11.6 Å². The first-order valence-corrected chi connectivity index (χ1v) is 4.80. The Morgan fingerprint density at radius 2 is 2.06 bits per heavy atom. The lowest BCUT2D eigenvalue weighted by atomic mass is 10.2. The second-order valence-electron chi connectivity index (χ2n) is 3.51. The molecule has 100 valence electrons. The normalized spacial score (nSPS) is 13.2. The lowest BCUT2D eigenvalue weighted by Gasteiger charge is -2.15. The number of hydrogen-bond donors (Lipinski definition) is 3. The lowest BCUT2D eigenvalue weighted by molar-refractivity contribution is -0.201. The van der Waals surface area contributed by atoms with E-state index in [4.69, 9.17) is 10.8 Å². The molecule has 0 fully saturated rings. The molecule has 1 aromatic carbocycles. The second kappa shape index (κ2) is 5.21. The van der Waals surface area contributed by atoms with Crippen LogP contribution in [-0.2, 0) is 0 Å². The van der Waals surface area contributed by atoms with E-state index in [1.807, 2.05) is 0 Å². The Hall–Kier alpha value is -1.83. The van der Waals surface area contributed by atoms with Gasteiger partial charge >= 0.3 is 6.18 Å². The molecular weight excluding hydrogens is 256 g/mol. The van der Waals surface area contributed by atoms with Gasteiger partial charge in [-0.1, -0.05) is 0 Å². The first-order chi connectivity index (χ1) is 8.21. The van der Waals surface area contributed by atoms with E-state index in [9.17, 15) is 22.4 Å². The predicted octanol–water partition coefficient (Wildman–Crippen LogP) is 1.06. The number of carbonyl (C=O) groups excluding carboxylic acids is 1. The van der Waals surface area contributed by atoms with E-state index < -0.39 is 36.1 Å². The maximum atomic E-state index is 13.2. The lowest BCUT2D eigenvalue weighted by Crippen LogP contribution is -2.40. The number of alkyl halides is 3. The van der Waals surface area contributed by atoms with Crippen molar-refractivity contribution in [2.45, 2.75) is 12.3 Å². The highest BCUT2D eigenvalue weighted by Gasteiger charge is 2.38. The molecule has 0 aliphatic carbocycles. The fourth-order valence-corrected chi connectivity index (χ4v) is 1.12. The van der Waals surface area contributed by atoms with E-state index in [1.54, 1.807) is 5.32 Å². The number of nitrogens with one attached hydrogen (secondary N) is 1. The molecule has 1 amide bonds. The summed E-state index contributed by atoms with van der Waals surface area (Å²) in [5.74, 6) is -2.01. The van der Waals surface area contributed by atoms with Crippen LogP contribution in [0.3, 0.4) is 0 Å². The summed E-state index contributed by atoms with van der Waals surface area (Å²) in [4.78, 5) is 11.3. The largest absolute Gasteiger partial charge is 0.416 e. The molecule has 0 spiro atoms. The number of amides is 1. The Kier molecular flexibility index (Phi) is 4.12. The van der Waals surface area contributed by atoms with Crippen molar-refractivity contribution in [2.24, 2.45) is 0 Å². The summed E-state index contributed by atoms with van der Waals surface area (Å²) in [6.07, 6.45) is -7.54. The molecule has 18 heavy (non-hydrogen) atoms. The Labute approximate surface area is 99.4 Å². The van der Waals surface area contributed by atoms with Gasteiger partial charge in [-0.25, -0.2) is 4.39 Å². The number of hydrogen-bond acceptors (Lipinski definition) is 3. The topological polar surface area (TPSA) is 75.4 Å². The van der Waals surface area contributed by atoms with Crippen LogP contribution in [0.4, 0.5) is 23.2 Å². The minimum atomic E-state index is -4.84. The molecule has 0 saturated heterocycles. The smallest absolute Gasteiger partial charge is 0.399 e. The van der Waals surface area contributed by atoms with Crippen LogP contribution in [-0.4, -0.2) is 29.8 Å². The third kappa shape index (κ3) is 3.59. The molecule has 8 heteroatoms. The first kappa shape index (κ1) is 14.2. The van der Waals surface area contributed by atoms with Gasteiger partial charge in [0.15, 0.2) is 6.10 Å². The number of rotatable bonds is 3. The van der Waals surface area contributed by atoms with E-state index in [1.165, 1.54) is 6.07 Å². The van der Waals surface area contributed by atoms with Crippen molar-refractivity contribution in [3.8, 4) is 0 Å². The van der Waals surface area contributed by atoms with Crippen LogP contribution in [0, 0.1) is 5.82 Å². The molecule has 0 radical (unpaired) electrons. The number of anilines is 1. The summed E-state index contributed by atoms with van der Waals surface area (Å²) < 4.78 is 49.1. The van der Waals surface area contributed by atoms with Crippen molar-refractivity contribution in [2.75, 3.05) is 12.3 Å². The Bertz CT molecular complexity index is 448. The van der Waals surface area contributed by atoms with Crippen molar-refractivity contribution in [1.82, 2.24) is 5.32 Å². The minimum Gasteiger partial charge on any atom is -0.399 e. The highest BCUT2D eigenvalue weighted by molar-refractivity contribution is 5.94. The fourth-order valence-electron chi connectivity index (χ4n) is 1.12. The molecule has 4 nitrogen and oxygen atoms in total. The van der Waals surface area contributed by atoms with Gasteiger partial charge in [0.25, 0.3) is 5.91 Å². The van der Waals surface area contributed by atoms with Gasteiger partial charge < -0.3 is 16.2 Å². The van der Waals surface area contributed by atoms with Crippen LogP contribution < -0.4 is 11.1 Å². The monoisotopic (exact) mass is 266 g/mol. The third-order valence-corrected chi connectivity index (χ3v) is 2.07. The Morgan fingerprint density at radius 3 is 2.56 bits per heavy atom. The van der Waals surface area contributed by atoms with Crippen LogP contribution >= 0.6 is 0 Å². The summed E-state index contributed by atoms with van der Waals surface area (Å²) >= 11 is 0. The average molecular weight is 266 g/mol. The molecule has 1 unspecified atom stereocenters. The molecule has 1 rings (SSSR count). The summed E-state index contributed by atoms with van der Waals surface area (Å²) in [7, 11) is 0. The maximum Gasteiger partial charge on any atom is 0.416 e. The van der Waals surface area contributed by atoms with Gasteiger partial charge in [-0.15, -0.1) is 0 Å². The summed E-state index contributed by atoms with van der Waals surface area (Å²) in [6.45, 7) is -1.05. The number of carbonyl (C=O) groups is 1. The Balaban J connectivity index is 2.66. The zero-order valence-electron chi connectivity index (χ0n) is 8.96. The SMILES string of the molecule is Nc1ccc(C(=O)NCC(O)C(F)(F)F)c(F)c1. The molecule has 1 atom stereocenters. The standard InChI is InChI=1S/C10H10F4N2O2/c11-7-3-5(15)1-2-6(7)9(18)16-4-8(17)10(12,13)14/h1-3,8,17H,4,15H2,(H,16,18). The number of aliphatic hydroxyl groups excluding tert-OH is 1. The minimum absolute atomic E-state index is 0.0828. The first-order valence-electron chi connectivity index (χ1n) is 4.80. The van der Waals surface area contributed by atoms with E-state index >= 15 is 0 Å². The van der Waals surface area contributed by atoms with Crippen molar-refractivity contribution < 1.29 is 27.5 Å². The van der Waals surface area contributed by atoms with Gasteiger partial charge in [0, 0.05) is 5.69 Å². The van der Waals surface area contributed by atoms with Crippen LogP contribution in [0.15, 0.2) is 18.2 Å². The van der Waals surface area contributed by atoms with Gasteiger partial charge in [-0.05, 0) is 18.2 Å². The predicted molar refractivity (Wildman–Crippen MR) is 55.2 cm³/mol. The maximum absolute atomic E-state index is 13.2. The van der Waals surface area contributed by atoms with Crippen LogP contribution in [0.2, 0.25) is 0 Å². The number of nitrogen functional groups attached to an aromatic ring is 1. The van der Waals surface area contributed by atoms with E-state index in [2.05, 4.69) is 0 Å². The third-order valence-electron chi connectivity index (χ3n) is 2.07. The number of halogens is 4. The molecule has 0 aromatic heterocycles. The van der Waals surface area contributed by atoms with Crippen LogP contribution in [0.25, 0.3) is 0 Å². The Morgan fingerprint density at radius 1 is 1.44 bits per heavy atom. The molecule has 0 saturated carbocycles. The molecule has 0 aliphatic rings. The van der Waals surface area contributed by atoms with Crippen molar-refractivity contribution in [1.29, 1.82) is 0 Å². The molecule has 0 aliphatic heterocycles. The van der Waals surface area contributed by atoms with Gasteiger partial charge in [-0.2, -0.15) is 13.2 Å². The van der Waals surface area contributed by atoms with Gasteiger partial charge in [0.2, 0.25) is 0 Å². The number of nitrogens with two attached hydrogens (primary N) is 1. The zero-order valence-corrected chi connectivity index (χ0v) is 8.96. The molecular formula is C10H10F4N2O2. The van der Waals surface area contributed by atoms with Crippen LogP contribution in [0.5, 0.6) is 0 Å². The van der Waals surface area contributed by atoms with Gasteiger partial charge in [0.1, 0.15) is 5.82 Å². The number of benzene rings is 1. The molecule has 0 heterocycles. The van der Waals surface area contributed by atoms with Gasteiger partial charge in [-0.3, -0.25) is 4.79 Å². The van der Waals surface area contributed by atoms with E-state index in [-0.39, 0.29) is 5.69 Å². The fraction of sp³-hybridized carbons (Fsp3) is 0.300. The van der Waals surface area contributed by atoms with E-state index in [0.29, 0.717) is 0 Å². The summed E-state index contributed by atoms with van der Waals surface area (Å²) in [5.41, 5.74) is 4.88. The van der Waals surface area contributed by atoms with Crippen molar-refractivity contribution in [3.63, 3.8) is 0 Å². The second-order valence-corrected chi connectivity index (χ2v) is 3.51. The highest BCUT2D eigenvalue weighted by atomic mass is 19.4.